The number of halogens is 1. The molecule has 0 radical (unpaired) electrons. The molecule has 1 saturated heterocycles. The number of hydrogen-bond acceptors (Lipinski definition) is 5. The first kappa shape index (κ1) is 21.7. The lowest BCUT2D eigenvalue weighted by molar-refractivity contribution is -0.387. The zero-order valence-electron chi connectivity index (χ0n) is 14.9. The molecule has 140 valence electrons. The Morgan fingerprint density at radius 1 is 1.48 bits per heavy atom. The Morgan fingerprint density at radius 2 is 2.20 bits per heavy atom. The summed E-state index contributed by atoms with van der Waals surface area (Å²) in [7, 11) is 0. The van der Waals surface area contributed by atoms with E-state index in [2.05, 4.69) is 19.2 Å². The zero-order valence-corrected chi connectivity index (χ0v) is 16.5. The third-order valence-electron chi connectivity index (χ3n) is 4.12. The number of benzene rings is 1. The van der Waals surface area contributed by atoms with Crippen molar-refractivity contribution in [2.45, 2.75) is 38.1 Å². The number of nitro groups is 1. The highest BCUT2D eigenvalue weighted by Crippen LogP contribution is 2.31. The molecule has 0 spiro atoms. The molecule has 1 amide bonds. The van der Waals surface area contributed by atoms with E-state index in [0.717, 1.165) is 25.3 Å². The van der Waals surface area contributed by atoms with Gasteiger partial charge in [-0.3, -0.25) is 14.9 Å². The Hall–Kier alpha value is -1.31. The molecule has 1 N–H and O–H groups in total. The van der Waals surface area contributed by atoms with Gasteiger partial charge in [-0.15, -0.1) is 24.2 Å². The summed E-state index contributed by atoms with van der Waals surface area (Å²) in [6.07, 6.45) is 1.00. The van der Waals surface area contributed by atoms with Crippen LogP contribution in [0.1, 0.15) is 37.6 Å². The molecule has 6 nitrogen and oxygen atoms in total. The fourth-order valence-electron chi connectivity index (χ4n) is 2.63. The van der Waals surface area contributed by atoms with Crippen LogP contribution in [-0.2, 0) is 0 Å². The summed E-state index contributed by atoms with van der Waals surface area (Å²) >= 11 is 1.48. The molecule has 1 aliphatic heterocycles. The lowest BCUT2D eigenvalue weighted by Crippen LogP contribution is -2.52. The van der Waals surface area contributed by atoms with Crippen molar-refractivity contribution < 1.29 is 9.72 Å². The summed E-state index contributed by atoms with van der Waals surface area (Å²) < 4.78 is 0. The van der Waals surface area contributed by atoms with Gasteiger partial charge in [0.1, 0.15) is 0 Å². The number of thioether (sulfide) groups is 1. The van der Waals surface area contributed by atoms with Crippen LogP contribution in [0.5, 0.6) is 0 Å². The van der Waals surface area contributed by atoms with Crippen LogP contribution in [0, 0.1) is 16.0 Å². The average molecular weight is 388 g/mol. The van der Waals surface area contributed by atoms with Gasteiger partial charge in [0.2, 0.25) is 0 Å². The number of carbonyl (C=O) groups excluding carboxylic acids is 1. The van der Waals surface area contributed by atoms with Gasteiger partial charge in [-0.1, -0.05) is 13.8 Å². The van der Waals surface area contributed by atoms with E-state index in [9.17, 15) is 14.9 Å². The Bertz CT molecular complexity index is 613. The van der Waals surface area contributed by atoms with Crippen molar-refractivity contribution in [3.8, 4) is 0 Å². The number of rotatable bonds is 6. The molecule has 1 fully saturated rings. The van der Waals surface area contributed by atoms with E-state index in [1.807, 2.05) is 6.92 Å². The van der Waals surface area contributed by atoms with Crippen LogP contribution in [0.4, 0.5) is 5.69 Å². The SMILES string of the molecule is CC(C)CCSc1ccc(C(=O)N2CCNCC2C)cc1[N+](=O)[O-].Cl. The Balaban J connectivity index is 0.00000312. The first-order chi connectivity index (χ1) is 11.4. The van der Waals surface area contributed by atoms with E-state index >= 15 is 0 Å². The minimum Gasteiger partial charge on any atom is -0.333 e. The average Bonchev–Trinajstić information content (AvgIpc) is 2.54. The second kappa shape index (κ2) is 9.99. The third kappa shape index (κ3) is 5.87. The summed E-state index contributed by atoms with van der Waals surface area (Å²) in [4.78, 5) is 26.1. The van der Waals surface area contributed by atoms with Gasteiger partial charge in [0.15, 0.2) is 0 Å². The topological polar surface area (TPSA) is 75.5 Å². The first-order valence-electron chi connectivity index (χ1n) is 8.33. The minimum absolute atomic E-state index is 0. The Kier molecular flexibility index (Phi) is 8.68. The van der Waals surface area contributed by atoms with Gasteiger partial charge in [0, 0.05) is 37.3 Å². The lowest BCUT2D eigenvalue weighted by Gasteiger charge is -2.34. The summed E-state index contributed by atoms with van der Waals surface area (Å²) in [5.74, 6) is 1.26. The number of nitrogens with one attached hydrogen (secondary N) is 1. The molecule has 0 aromatic heterocycles. The first-order valence-corrected chi connectivity index (χ1v) is 9.31. The van der Waals surface area contributed by atoms with E-state index in [1.165, 1.54) is 17.8 Å². The fourth-order valence-corrected chi connectivity index (χ4v) is 3.88. The van der Waals surface area contributed by atoms with Crippen LogP contribution in [0.15, 0.2) is 23.1 Å². The van der Waals surface area contributed by atoms with Gasteiger partial charge in [-0.05, 0) is 37.1 Å². The van der Waals surface area contributed by atoms with E-state index in [-0.39, 0.29) is 30.0 Å². The van der Waals surface area contributed by atoms with Crippen LogP contribution >= 0.6 is 24.2 Å². The van der Waals surface area contributed by atoms with Crippen LogP contribution in [-0.4, -0.2) is 47.2 Å². The predicted octanol–water partition coefficient (Wildman–Crippen LogP) is 3.59. The van der Waals surface area contributed by atoms with Crippen molar-refractivity contribution >= 4 is 35.8 Å². The maximum absolute atomic E-state index is 12.7. The van der Waals surface area contributed by atoms with Gasteiger partial charge in [-0.2, -0.15) is 0 Å². The molecule has 0 saturated carbocycles. The monoisotopic (exact) mass is 387 g/mol. The number of piperazine rings is 1. The van der Waals surface area contributed by atoms with Crippen molar-refractivity contribution in [3.63, 3.8) is 0 Å². The molecule has 1 atom stereocenters. The minimum atomic E-state index is -0.393. The molecule has 1 aliphatic rings. The van der Waals surface area contributed by atoms with Gasteiger partial charge in [-0.25, -0.2) is 0 Å². The van der Waals surface area contributed by atoms with Gasteiger partial charge >= 0.3 is 0 Å². The molecular weight excluding hydrogens is 362 g/mol. The van der Waals surface area contributed by atoms with Gasteiger partial charge in [0.25, 0.3) is 11.6 Å². The maximum Gasteiger partial charge on any atom is 0.283 e. The standard InChI is InChI=1S/C17H25N3O3S.ClH/c1-12(2)6-9-24-16-5-4-14(10-15(16)20(22)23)17(21)19-8-7-18-11-13(19)3;/h4-5,10,12-13,18H,6-9,11H2,1-3H3;1H. The molecule has 0 bridgehead atoms. The largest absolute Gasteiger partial charge is 0.333 e. The second-order valence-electron chi connectivity index (χ2n) is 6.52. The molecule has 1 aromatic rings. The van der Waals surface area contributed by atoms with E-state index in [0.29, 0.717) is 22.9 Å². The zero-order chi connectivity index (χ0) is 17.7. The Labute approximate surface area is 159 Å². The fraction of sp³-hybridized carbons (Fsp3) is 0.588. The third-order valence-corrected chi connectivity index (χ3v) is 5.21. The number of carbonyl (C=O) groups is 1. The van der Waals surface area contributed by atoms with Crippen molar-refractivity contribution in [1.82, 2.24) is 10.2 Å². The van der Waals surface area contributed by atoms with Crippen LogP contribution in [0.2, 0.25) is 0 Å². The molecule has 1 unspecified atom stereocenters. The van der Waals surface area contributed by atoms with Crippen LogP contribution in [0.25, 0.3) is 0 Å². The van der Waals surface area contributed by atoms with Gasteiger partial charge in [0.05, 0.1) is 9.82 Å². The summed E-state index contributed by atoms with van der Waals surface area (Å²) in [6, 6.07) is 4.94. The van der Waals surface area contributed by atoms with E-state index < -0.39 is 4.92 Å². The van der Waals surface area contributed by atoms with Crippen molar-refractivity contribution in [2.24, 2.45) is 5.92 Å². The number of nitrogens with zero attached hydrogens (tertiary/aromatic N) is 2. The molecule has 2 rings (SSSR count). The Morgan fingerprint density at radius 3 is 2.80 bits per heavy atom. The van der Waals surface area contributed by atoms with E-state index in [1.54, 1.807) is 17.0 Å². The van der Waals surface area contributed by atoms with Gasteiger partial charge < -0.3 is 10.2 Å². The number of hydrogen-bond donors (Lipinski definition) is 1. The molecule has 25 heavy (non-hydrogen) atoms. The lowest BCUT2D eigenvalue weighted by atomic mass is 10.1. The summed E-state index contributed by atoms with van der Waals surface area (Å²) in [5, 5.41) is 14.6. The second-order valence-corrected chi connectivity index (χ2v) is 7.66. The molecule has 1 heterocycles. The quantitative estimate of drug-likeness (QED) is 0.458. The van der Waals surface area contributed by atoms with Crippen LogP contribution in [0.3, 0.4) is 0 Å². The summed E-state index contributed by atoms with van der Waals surface area (Å²) in [6.45, 7) is 8.36. The molecule has 8 heteroatoms. The van der Waals surface area contributed by atoms with E-state index in [4.69, 9.17) is 0 Å². The number of amides is 1. The highest BCUT2D eigenvalue weighted by atomic mass is 35.5. The van der Waals surface area contributed by atoms with Crippen LogP contribution < -0.4 is 5.32 Å². The molecule has 0 aliphatic carbocycles. The highest BCUT2D eigenvalue weighted by Gasteiger charge is 2.26. The normalized spacial score (nSPS) is 17.3. The van der Waals surface area contributed by atoms with Crippen molar-refractivity contribution in [3.05, 3.63) is 33.9 Å². The maximum atomic E-state index is 12.7. The highest BCUT2D eigenvalue weighted by molar-refractivity contribution is 7.99. The van der Waals surface area contributed by atoms with Crippen molar-refractivity contribution in [2.75, 3.05) is 25.4 Å². The smallest absolute Gasteiger partial charge is 0.283 e. The molecule has 1 aromatic carbocycles. The summed E-state index contributed by atoms with van der Waals surface area (Å²) in [5.41, 5.74) is 0.418. The number of nitro benzene ring substituents is 1. The predicted molar refractivity (Wildman–Crippen MR) is 104 cm³/mol. The van der Waals surface area contributed by atoms with Crippen molar-refractivity contribution in [1.29, 1.82) is 0 Å². The molecular formula is C17H26ClN3O3S.